The summed E-state index contributed by atoms with van der Waals surface area (Å²) < 4.78 is 0. The fourth-order valence-corrected chi connectivity index (χ4v) is 2.80. The Balaban J connectivity index is 1.94. The third-order valence-electron chi connectivity index (χ3n) is 3.72. The van der Waals surface area contributed by atoms with Crippen LogP contribution in [0.4, 0.5) is 0 Å². The smallest absolute Gasteiger partial charge is 0.175 e. The lowest BCUT2D eigenvalue weighted by Crippen LogP contribution is -2.29. The van der Waals surface area contributed by atoms with Crippen molar-refractivity contribution in [3.8, 4) is 0 Å². The third kappa shape index (κ3) is 3.49. The SMILES string of the molecule is CCNCC(Cc1nnn(C)n1)C1CCCC1. The summed E-state index contributed by atoms with van der Waals surface area (Å²) in [5.74, 6) is 2.40. The van der Waals surface area contributed by atoms with E-state index in [4.69, 9.17) is 0 Å². The highest BCUT2D eigenvalue weighted by atomic mass is 15.6. The van der Waals surface area contributed by atoms with Crippen LogP contribution in [0.15, 0.2) is 0 Å². The van der Waals surface area contributed by atoms with E-state index in [-0.39, 0.29) is 0 Å². The van der Waals surface area contributed by atoms with Gasteiger partial charge in [0.15, 0.2) is 5.82 Å². The van der Waals surface area contributed by atoms with Crippen LogP contribution in [0, 0.1) is 11.8 Å². The number of aryl methyl sites for hydroxylation is 1. The zero-order valence-electron chi connectivity index (χ0n) is 10.9. The summed E-state index contributed by atoms with van der Waals surface area (Å²) in [7, 11) is 1.82. The van der Waals surface area contributed by atoms with Crippen molar-refractivity contribution in [2.75, 3.05) is 13.1 Å². The molecular weight excluding hydrogens is 214 g/mol. The van der Waals surface area contributed by atoms with Crippen LogP contribution in [-0.2, 0) is 13.5 Å². The van der Waals surface area contributed by atoms with Crippen molar-refractivity contribution in [2.24, 2.45) is 18.9 Å². The predicted molar refractivity (Wildman–Crippen MR) is 66.5 cm³/mol. The minimum Gasteiger partial charge on any atom is -0.317 e. The van der Waals surface area contributed by atoms with Crippen LogP contribution in [0.3, 0.4) is 0 Å². The fraction of sp³-hybridized carbons (Fsp3) is 0.917. The van der Waals surface area contributed by atoms with E-state index in [1.165, 1.54) is 25.7 Å². The molecule has 1 N–H and O–H groups in total. The monoisotopic (exact) mass is 237 g/mol. The maximum Gasteiger partial charge on any atom is 0.175 e. The standard InChI is InChI=1S/C12H23N5/c1-3-13-9-11(10-6-4-5-7-10)8-12-14-16-17(2)15-12/h10-11,13H,3-9H2,1-2H3. The third-order valence-corrected chi connectivity index (χ3v) is 3.72. The lowest BCUT2D eigenvalue weighted by molar-refractivity contribution is 0.318. The van der Waals surface area contributed by atoms with Crippen molar-refractivity contribution in [2.45, 2.75) is 39.0 Å². The summed E-state index contributed by atoms with van der Waals surface area (Å²) in [5.41, 5.74) is 0. The highest BCUT2D eigenvalue weighted by molar-refractivity contribution is 4.86. The summed E-state index contributed by atoms with van der Waals surface area (Å²) in [6.45, 7) is 4.28. The second-order valence-corrected chi connectivity index (χ2v) is 5.01. The number of aromatic nitrogens is 4. The molecule has 0 saturated heterocycles. The topological polar surface area (TPSA) is 55.6 Å². The van der Waals surface area contributed by atoms with E-state index in [9.17, 15) is 0 Å². The van der Waals surface area contributed by atoms with Crippen LogP contribution < -0.4 is 5.32 Å². The minimum absolute atomic E-state index is 0.668. The highest BCUT2D eigenvalue weighted by Gasteiger charge is 2.26. The van der Waals surface area contributed by atoms with Gasteiger partial charge in [-0.2, -0.15) is 4.80 Å². The van der Waals surface area contributed by atoms with Gasteiger partial charge in [0.05, 0.1) is 7.05 Å². The Labute approximate surface area is 103 Å². The summed E-state index contributed by atoms with van der Waals surface area (Å²) in [4.78, 5) is 1.55. The van der Waals surface area contributed by atoms with Crippen LogP contribution >= 0.6 is 0 Å². The van der Waals surface area contributed by atoms with E-state index in [0.717, 1.165) is 31.3 Å². The van der Waals surface area contributed by atoms with Crippen molar-refractivity contribution in [1.29, 1.82) is 0 Å². The van der Waals surface area contributed by atoms with E-state index < -0.39 is 0 Å². The first-order valence-electron chi connectivity index (χ1n) is 6.73. The number of nitrogens with zero attached hydrogens (tertiary/aromatic N) is 4. The molecule has 1 aromatic rings. The molecule has 0 radical (unpaired) electrons. The van der Waals surface area contributed by atoms with Crippen LogP contribution in [0.1, 0.15) is 38.4 Å². The maximum absolute atomic E-state index is 4.30. The number of hydrogen-bond acceptors (Lipinski definition) is 4. The van der Waals surface area contributed by atoms with Gasteiger partial charge < -0.3 is 5.32 Å². The molecule has 0 bridgehead atoms. The summed E-state index contributed by atoms with van der Waals surface area (Å²) in [5, 5.41) is 15.8. The van der Waals surface area contributed by atoms with Gasteiger partial charge in [-0.1, -0.05) is 32.6 Å². The Bertz CT molecular complexity index is 329. The van der Waals surface area contributed by atoms with Crippen LogP contribution in [0.5, 0.6) is 0 Å². The predicted octanol–water partition coefficient (Wildman–Crippen LogP) is 1.17. The van der Waals surface area contributed by atoms with Crippen molar-refractivity contribution >= 4 is 0 Å². The first-order valence-corrected chi connectivity index (χ1v) is 6.73. The van der Waals surface area contributed by atoms with Gasteiger partial charge in [0.2, 0.25) is 0 Å². The minimum atomic E-state index is 0.668. The summed E-state index contributed by atoms with van der Waals surface area (Å²) >= 11 is 0. The lowest BCUT2D eigenvalue weighted by Gasteiger charge is -2.22. The molecule has 1 aliphatic carbocycles. The number of hydrogen-bond donors (Lipinski definition) is 1. The van der Waals surface area contributed by atoms with Gasteiger partial charge in [-0.05, 0) is 30.1 Å². The van der Waals surface area contributed by atoms with Gasteiger partial charge in [0.1, 0.15) is 0 Å². The van der Waals surface area contributed by atoms with Crippen molar-refractivity contribution in [3.63, 3.8) is 0 Å². The average molecular weight is 237 g/mol. The molecule has 5 heteroatoms. The van der Waals surface area contributed by atoms with Gasteiger partial charge >= 0.3 is 0 Å². The highest BCUT2D eigenvalue weighted by Crippen LogP contribution is 2.32. The molecule has 0 spiro atoms. The molecule has 0 aromatic carbocycles. The lowest BCUT2D eigenvalue weighted by atomic mass is 9.88. The van der Waals surface area contributed by atoms with Gasteiger partial charge in [0.25, 0.3) is 0 Å². The zero-order chi connectivity index (χ0) is 12.1. The second kappa shape index (κ2) is 6.10. The molecule has 5 nitrogen and oxygen atoms in total. The first kappa shape index (κ1) is 12.5. The van der Waals surface area contributed by atoms with E-state index in [1.54, 1.807) is 4.80 Å². The molecule has 1 unspecified atom stereocenters. The average Bonchev–Trinajstić information content (AvgIpc) is 2.95. The van der Waals surface area contributed by atoms with Gasteiger partial charge in [-0.3, -0.25) is 0 Å². The van der Waals surface area contributed by atoms with E-state index in [0.29, 0.717) is 5.92 Å². The Morgan fingerprint density at radius 1 is 1.41 bits per heavy atom. The van der Waals surface area contributed by atoms with Gasteiger partial charge in [0, 0.05) is 6.42 Å². The molecule has 1 saturated carbocycles. The number of rotatable bonds is 6. The molecule has 1 aliphatic rings. The molecule has 1 aromatic heterocycles. The molecule has 0 amide bonds. The molecule has 1 heterocycles. The Morgan fingerprint density at radius 3 is 2.76 bits per heavy atom. The van der Waals surface area contributed by atoms with Crippen molar-refractivity contribution in [1.82, 2.24) is 25.5 Å². The molecule has 17 heavy (non-hydrogen) atoms. The van der Waals surface area contributed by atoms with Crippen LogP contribution in [-0.4, -0.2) is 33.3 Å². The van der Waals surface area contributed by atoms with E-state index in [1.807, 2.05) is 7.05 Å². The fourth-order valence-electron chi connectivity index (χ4n) is 2.80. The van der Waals surface area contributed by atoms with E-state index >= 15 is 0 Å². The summed E-state index contributed by atoms with van der Waals surface area (Å²) in [6.07, 6.45) is 6.49. The first-order chi connectivity index (χ1) is 8.29. The molecular formula is C12H23N5. The maximum atomic E-state index is 4.30. The van der Waals surface area contributed by atoms with Gasteiger partial charge in [-0.25, -0.2) is 0 Å². The second-order valence-electron chi connectivity index (χ2n) is 5.01. The summed E-state index contributed by atoms with van der Waals surface area (Å²) in [6, 6.07) is 0. The molecule has 1 atom stereocenters. The number of nitrogens with one attached hydrogen (secondary N) is 1. The van der Waals surface area contributed by atoms with Crippen LogP contribution in [0.25, 0.3) is 0 Å². The molecule has 2 rings (SSSR count). The Morgan fingerprint density at radius 2 is 2.18 bits per heavy atom. The quantitative estimate of drug-likeness (QED) is 0.807. The van der Waals surface area contributed by atoms with Crippen molar-refractivity contribution in [3.05, 3.63) is 5.82 Å². The van der Waals surface area contributed by atoms with E-state index in [2.05, 4.69) is 27.7 Å². The Hall–Kier alpha value is -0.970. The zero-order valence-corrected chi connectivity index (χ0v) is 10.9. The normalized spacial score (nSPS) is 18.7. The van der Waals surface area contributed by atoms with Crippen LogP contribution in [0.2, 0.25) is 0 Å². The van der Waals surface area contributed by atoms with Crippen molar-refractivity contribution < 1.29 is 0 Å². The largest absolute Gasteiger partial charge is 0.317 e. The molecule has 1 fully saturated rings. The molecule has 0 aliphatic heterocycles. The Kier molecular flexibility index (Phi) is 4.48. The van der Waals surface area contributed by atoms with Gasteiger partial charge in [-0.15, -0.1) is 10.2 Å². The molecule has 96 valence electrons. The number of tetrazole rings is 1.